The number of benzene rings is 4. The molecule has 4 aromatic carbocycles. The van der Waals surface area contributed by atoms with Crippen LogP contribution in [0.5, 0.6) is 5.75 Å². The summed E-state index contributed by atoms with van der Waals surface area (Å²) in [7, 11) is 4.49. The first kappa shape index (κ1) is 45.1. The van der Waals surface area contributed by atoms with Crippen LogP contribution in [-0.2, 0) is 28.0 Å². The number of quaternary nitrogens is 1. The third-order valence-electron chi connectivity index (χ3n) is 7.85. The maximum absolute atomic E-state index is 11.1. The summed E-state index contributed by atoms with van der Waals surface area (Å²) < 4.78 is 17.4. The van der Waals surface area contributed by atoms with Crippen molar-refractivity contribution in [2.24, 2.45) is 5.41 Å². The Balaban J connectivity index is 0.000000502. The minimum Gasteiger partial charge on any atom is -1.00 e. The Morgan fingerprint density at radius 3 is 1.78 bits per heavy atom. The Hall–Kier alpha value is -3.88. The molecule has 0 saturated heterocycles. The largest absolute Gasteiger partial charge is 1.00 e. The van der Waals surface area contributed by atoms with Crippen LogP contribution in [0.3, 0.4) is 0 Å². The maximum Gasteiger partial charge on any atom is 0.338 e. The molecule has 8 heteroatoms. The molecule has 0 bridgehead atoms. The monoisotopic (exact) mass is 720 g/mol. The smallest absolute Gasteiger partial charge is 0.338 e. The van der Waals surface area contributed by atoms with Gasteiger partial charge < -0.3 is 41.9 Å². The van der Waals surface area contributed by atoms with E-state index in [1.807, 2.05) is 30.3 Å². The van der Waals surface area contributed by atoms with E-state index in [9.17, 15) is 4.79 Å². The zero-order valence-corrected chi connectivity index (χ0v) is 32.8. The van der Waals surface area contributed by atoms with E-state index in [0.29, 0.717) is 36.5 Å². The molecule has 51 heavy (non-hydrogen) atoms. The Labute approximate surface area is 313 Å². The van der Waals surface area contributed by atoms with Gasteiger partial charge in [0.15, 0.2) is 0 Å². The molecule has 0 fully saturated rings. The molecule has 0 aromatic heterocycles. The van der Waals surface area contributed by atoms with Gasteiger partial charge >= 0.3 is 5.97 Å². The van der Waals surface area contributed by atoms with Gasteiger partial charge in [-0.25, -0.2) is 4.79 Å². The molecule has 0 aliphatic carbocycles. The fraction of sp³-hybridized carbons (Fsp3) is 0.419. The highest BCUT2D eigenvalue weighted by atomic mass is 35.5. The van der Waals surface area contributed by atoms with Crippen LogP contribution in [0, 0.1) is 5.41 Å². The zero-order valence-electron chi connectivity index (χ0n) is 32.0. The van der Waals surface area contributed by atoms with E-state index in [-0.39, 0.29) is 30.4 Å². The average Bonchev–Trinajstić information content (AvgIpc) is 3.07. The van der Waals surface area contributed by atoms with Gasteiger partial charge in [0.2, 0.25) is 0 Å². The number of nitrogens with zero attached hydrogens (tertiary/aromatic N) is 1. The molecule has 0 unspecified atom stereocenters. The van der Waals surface area contributed by atoms with Crippen molar-refractivity contribution in [3.63, 3.8) is 0 Å². The van der Waals surface area contributed by atoms with Crippen molar-refractivity contribution >= 4 is 11.7 Å². The fourth-order valence-corrected chi connectivity index (χ4v) is 5.64. The second-order valence-corrected chi connectivity index (χ2v) is 14.9. The van der Waals surface area contributed by atoms with Crippen LogP contribution in [0.1, 0.15) is 75.0 Å². The first-order valence-electron chi connectivity index (χ1n) is 17.5. The predicted octanol–water partition coefficient (Wildman–Crippen LogP) is 5.70. The van der Waals surface area contributed by atoms with Crippen LogP contribution in [0.2, 0.25) is 0 Å². The molecule has 0 atom stereocenters. The van der Waals surface area contributed by atoms with E-state index >= 15 is 0 Å². The Morgan fingerprint density at radius 2 is 1.29 bits per heavy atom. The van der Waals surface area contributed by atoms with Gasteiger partial charge in [-0.1, -0.05) is 107 Å². The normalized spacial score (nSPS) is 11.2. The summed E-state index contributed by atoms with van der Waals surface area (Å²) in [5.41, 5.74) is 10.8. The molecular formula is C43H61ClN2O5. The molecule has 4 rings (SSSR count). The van der Waals surface area contributed by atoms with Crippen molar-refractivity contribution in [3.05, 3.63) is 131 Å². The summed E-state index contributed by atoms with van der Waals surface area (Å²) in [5, 5.41) is 8.54. The fourth-order valence-electron chi connectivity index (χ4n) is 5.64. The SMILES string of the molecule is CC(C)(C)CC(C)(C)c1ccc(OCCOCC[N+](C)(C)Cc2ccccc2)cc1.CCOC(=O)c1ccc(N)cc1.OCc1ccccc1.[Cl-]. The molecule has 0 spiro atoms. The summed E-state index contributed by atoms with van der Waals surface area (Å²) in [5.74, 6) is 0.603. The Morgan fingerprint density at radius 1 is 0.745 bits per heavy atom. The molecule has 0 heterocycles. The Kier molecular flexibility index (Phi) is 20.2. The van der Waals surface area contributed by atoms with Crippen molar-refractivity contribution in [3.8, 4) is 5.75 Å². The summed E-state index contributed by atoms with van der Waals surface area (Å²) >= 11 is 0. The number of aliphatic hydroxyl groups excluding tert-OH is 1. The second kappa shape index (κ2) is 22.8. The first-order valence-corrected chi connectivity index (χ1v) is 17.5. The lowest BCUT2D eigenvalue weighted by Crippen LogP contribution is -3.00. The number of likely N-dealkylation sites (N-methyl/N-ethyl adjacent to an activating group) is 1. The number of ether oxygens (including phenoxy) is 3. The molecule has 0 radical (unpaired) electrons. The van der Waals surface area contributed by atoms with Crippen molar-refractivity contribution in [2.45, 2.75) is 66.5 Å². The van der Waals surface area contributed by atoms with Gasteiger partial charge in [0.25, 0.3) is 0 Å². The second-order valence-electron chi connectivity index (χ2n) is 14.9. The highest BCUT2D eigenvalue weighted by molar-refractivity contribution is 5.89. The highest BCUT2D eigenvalue weighted by Crippen LogP contribution is 2.36. The zero-order chi connectivity index (χ0) is 37.0. The number of hydrogen-bond donors (Lipinski definition) is 2. The van der Waals surface area contributed by atoms with E-state index in [1.54, 1.807) is 31.2 Å². The molecule has 0 saturated carbocycles. The summed E-state index contributed by atoms with van der Waals surface area (Å²) in [6.07, 6.45) is 1.15. The van der Waals surface area contributed by atoms with Crippen LogP contribution in [0.4, 0.5) is 5.69 Å². The number of rotatable bonds is 14. The predicted molar refractivity (Wildman–Crippen MR) is 206 cm³/mol. The summed E-state index contributed by atoms with van der Waals surface area (Å²) in [4.78, 5) is 11.1. The number of esters is 1. The first-order chi connectivity index (χ1) is 23.6. The lowest BCUT2D eigenvalue weighted by molar-refractivity contribution is -0.904. The van der Waals surface area contributed by atoms with Crippen molar-refractivity contribution in [2.75, 3.05) is 52.8 Å². The topological polar surface area (TPSA) is 91.0 Å². The quantitative estimate of drug-likeness (QED) is 0.0752. The molecular weight excluding hydrogens is 660 g/mol. The number of carbonyl (C=O) groups is 1. The molecule has 4 aromatic rings. The van der Waals surface area contributed by atoms with E-state index < -0.39 is 0 Å². The number of nitrogen functional groups attached to an aromatic ring is 1. The third-order valence-corrected chi connectivity index (χ3v) is 7.85. The van der Waals surface area contributed by atoms with Crippen LogP contribution in [-0.4, -0.2) is 62.6 Å². The minimum atomic E-state index is -0.308. The van der Waals surface area contributed by atoms with Crippen LogP contribution >= 0.6 is 0 Å². The number of carbonyl (C=O) groups excluding carboxylic acids is 1. The van der Waals surface area contributed by atoms with Crippen molar-refractivity contribution < 1.29 is 41.0 Å². The van der Waals surface area contributed by atoms with Gasteiger partial charge in [-0.05, 0) is 71.7 Å². The number of aliphatic hydroxyl groups is 1. The lowest BCUT2D eigenvalue weighted by atomic mass is 9.72. The van der Waals surface area contributed by atoms with Crippen LogP contribution in [0.15, 0.2) is 109 Å². The van der Waals surface area contributed by atoms with Gasteiger partial charge in [0.05, 0.1) is 46.1 Å². The number of hydrogen-bond acceptors (Lipinski definition) is 6. The molecule has 0 aliphatic rings. The summed E-state index contributed by atoms with van der Waals surface area (Å²) in [6.45, 7) is 17.8. The van der Waals surface area contributed by atoms with Gasteiger partial charge in [0, 0.05) is 11.3 Å². The van der Waals surface area contributed by atoms with Crippen molar-refractivity contribution in [1.29, 1.82) is 0 Å². The van der Waals surface area contributed by atoms with Crippen molar-refractivity contribution in [1.82, 2.24) is 0 Å². The minimum absolute atomic E-state index is 0. The molecule has 0 amide bonds. The Bertz CT molecular complexity index is 1490. The highest BCUT2D eigenvalue weighted by Gasteiger charge is 2.27. The van der Waals surface area contributed by atoms with E-state index in [0.717, 1.165) is 41.9 Å². The van der Waals surface area contributed by atoms with Gasteiger partial charge in [-0.2, -0.15) is 0 Å². The van der Waals surface area contributed by atoms with Crippen LogP contribution in [0.25, 0.3) is 0 Å². The van der Waals surface area contributed by atoms with Gasteiger partial charge in [0.1, 0.15) is 25.4 Å². The third kappa shape index (κ3) is 19.3. The van der Waals surface area contributed by atoms with E-state index in [4.69, 9.17) is 25.1 Å². The van der Waals surface area contributed by atoms with Gasteiger partial charge in [-0.3, -0.25) is 0 Å². The standard InChI is InChI=1S/C27H42NO2.C9H11NO2.C7H8O.ClH/c1-26(2,3)22-27(4,5)24-13-15-25(16-14-24)30-20-19-29-18-17-28(6,7)21-23-11-9-8-10-12-23;1-2-12-9(11)7-3-5-8(10)6-4-7;8-6-7-4-2-1-3-5-7;/h8-16H,17-22H2,1-7H3;3-6H,2,10H2,1H3;1-5,8H,6H2;1H/q+1;;;/p-1. The lowest BCUT2D eigenvalue weighted by Gasteiger charge is -2.33. The van der Waals surface area contributed by atoms with E-state index in [1.165, 1.54) is 11.1 Å². The van der Waals surface area contributed by atoms with Crippen LogP contribution < -0.4 is 22.9 Å². The number of anilines is 1. The molecule has 7 nitrogen and oxygen atoms in total. The number of nitrogens with two attached hydrogens (primary N) is 1. The maximum atomic E-state index is 11.1. The summed E-state index contributed by atoms with van der Waals surface area (Å²) in [6, 6.07) is 35.4. The molecule has 280 valence electrons. The molecule has 3 N–H and O–H groups in total. The molecule has 0 aliphatic heterocycles. The van der Waals surface area contributed by atoms with E-state index in [2.05, 4.69) is 103 Å². The van der Waals surface area contributed by atoms with Gasteiger partial charge in [-0.15, -0.1) is 0 Å². The average molecular weight is 721 g/mol. The number of halogens is 1.